The zero-order chi connectivity index (χ0) is 14.8. The Labute approximate surface area is 122 Å². The second-order valence-corrected chi connectivity index (χ2v) is 5.00. The standard InChI is InChI=1S/C16H27N3O/c1-4-5-6-7-10-18-16(17)19-12-14-9-8-13(2)11-15(14)20-3/h8-9,11H,4-7,10,12H2,1-3H3,(H3,17,18,19). The highest BCUT2D eigenvalue weighted by Gasteiger charge is 2.02. The average molecular weight is 277 g/mol. The molecule has 1 aromatic rings. The van der Waals surface area contributed by atoms with E-state index in [-0.39, 0.29) is 0 Å². The first-order chi connectivity index (χ1) is 9.67. The zero-order valence-corrected chi connectivity index (χ0v) is 12.9. The van der Waals surface area contributed by atoms with Gasteiger partial charge in [-0.3, -0.25) is 0 Å². The summed E-state index contributed by atoms with van der Waals surface area (Å²) in [5, 5.41) is 3.15. The van der Waals surface area contributed by atoms with Crippen LogP contribution in [0.3, 0.4) is 0 Å². The van der Waals surface area contributed by atoms with Crippen molar-refractivity contribution >= 4 is 5.96 Å². The van der Waals surface area contributed by atoms with Crippen LogP contribution in [-0.2, 0) is 6.54 Å². The van der Waals surface area contributed by atoms with Gasteiger partial charge >= 0.3 is 0 Å². The molecule has 3 N–H and O–H groups in total. The van der Waals surface area contributed by atoms with E-state index in [4.69, 9.17) is 10.5 Å². The van der Waals surface area contributed by atoms with Gasteiger partial charge in [-0.2, -0.15) is 0 Å². The van der Waals surface area contributed by atoms with E-state index in [2.05, 4.69) is 23.3 Å². The number of nitrogens with two attached hydrogens (primary N) is 1. The number of rotatable bonds is 8. The molecular weight excluding hydrogens is 250 g/mol. The molecular formula is C16H27N3O. The fourth-order valence-corrected chi connectivity index (χ4v) is 1.98. The number of nitrogens with zero attached hydrogens (tertiary/aromatic N) is 1. The normalized spacial score (nSPS) is 11.4. The number of aliphatic imine (C=N–C) groups is 1. The van der Waals surface area contributed by atoms with Gasteiger partial charge in [-0.15, -0.1) is 0 Å². The summed E-state index contributed by atoms with van der Waals surface area (Å²) in [6.45, 7) is 5.68. The third kappa shape index (κ3) is 5.95. The van der Waals surface area contributed by atoms with Crippen LogP contribution in [0.25, 0.3) is 0 Å². The van der Waals surface area contributed by atoms with E-state index >= 15 is 0 Å². The van der Waals surface area contributed by atoms with Crippen LogP contribution in [0.1, 0.15) is 43.7 Å². The van der Waals surface area contributed by atoms with Gasteiger partial charge in [0.05, 0.1) is 13.7 Å². The van der Waals surface area contributed by atoms with Gasteiger partial charge < -0.3 is 15.8 Å². The quantitative estimate of drug-likeness (QED) is 0.436. The fourth-order valence-electron chi connectivity index (χ4n) is 1.98. The molecule has 0 heterocycles. The zero-order valence-electron chi connectivity index (χ0n) is 12.9. The maximum absolute atomic E-state index is 5.86. The van der Waals surface area contributed by atoms with Crippen LogP contribution < -0.4 is 15.8 Å². The van der Waals surface area contributed by atoms with E-state index in [9.17, 15) is 0 Å². The predicted octanol–water partition coefficient (Wildman–Crippen LogP) is 2.99. The maximum atomic E-state index is 5.86. The van der Waals surface area contributed by atoms with Gasteiger partial charge in [0.25, 0.3) is 0 Å². The summed E-state index contributed by atoms with van der Waals surface area (Å²) >= 11 is 0. The van der Waals surface area contributed by atoms with Crippen LogP contribution in [0.2, 0.25) is 0 Å². The Balaban J connectivity index is 2.42. The van der Waals surface area contributed by atoms with E-state index in [0.717, 1.165) is 24.3 Å². The number of unbranched alkanes of at least 4 members (excludes halogenated alkanes) is 3. The van der Waals surface area contributed by atoms with Crippen LogP contribution in [0.5, 0.6) is 5.75 Å². The monoisotopic (exact) mass is 277 g/mol. The molecule has 20 heavy (non-hydrogen) atoms. The van der Waals surface area contributed by atoms with Crippen LogP contribution in [0.15, 0.2) is 23.2 Å². The van der Waals surface area contributed by atoms with Gasteiger partial charge in [-0.05, 0) is 25.0 Å². The minimum Gasteiger partial charge on any atom is -0.496 e. The van der Waals surface area contributed by atoms with Crippen LogP contribution in [-0.4, -0.2) is 19.6 Å². The van der Waals surface area contributed by atoms with Crippen LogP contribution in [0, 0.1) is 6.92 Å². The second kappa shape index (κ2) is 9.23. The molecule has 0 aliphatic heterocycles. The van der Waals surface area contributed by atoms with Crippen LogP contribution in [0.4, 0.5) is 0 Å². The molecule has 112 valence electrons. The van der Waals surface area contributed by atoms with Crippen molar-refractivity contribution in [2.75, 3.05) is 13.7 Å². The van der Waals surface area contributed by atoms with Crippen molar-refractivity contribution in [3.05, 3.63) is 29.3 Å². The van der Waals surface area contributed by atoms with Crippen molar-refractivity contribution in [3.8, 4) is 5.75 Å². The first kappa shape index (κ1) is 16.3. The molecule has 4 heteroatoms. The number of methoxy groups -OCH3 is 1. The lowest BCUT2D eigenvalue weighted by Gasteiger charge is -2.09. The number of benzene rings is 1. The molecule has 0 spiro atoms. The number of ether oxygens (including phenoxy) is 1. The Morgan fingerprint density at radius 3 is 2.80 bits per heavy atom. The molecule has 0 unspecified atom stereocenters. The average Bonchev–Trinajstić information content (AvgIpc) is 2.45. The van der Waals surface area contributed by atoms with E-state index in [0.29, 0.717) is 12.5 Å². The van der Waals surface area contributed by atoms with E-state index in [1.165, 1.54) is 24.8 Å². The summed E-state index contributed by atoms with van der Waals surface area (Å²) < 4.78 is 5.35. The molecule has 0 saturated heterocycles. The molecule has 0 radical (unpaired) electrons. The molecule has 0 amide bonds. The van der Waals surface area contributed by atoms with Crippen molar-refractivity contribution in [1.82, 2.24) is 5.32 Å². The molecule has 0 atom stereocenters. The van der Waals surface area contributed by atoms with Crippen molar-refractivity contribution in [3.63, 3.8) is 0 Å². The van der Waals surface area contributed by atoms with Crippen molar-refractivity contribution in [1.29, 1.82) is 0 Å². The van der Waals surface area contributed by atoms with Gasteiger partial charge in [0.15, 0.2) is 5.96 Å². The molecule has 0 bridgehead atoms. The topological polar surface area (TPSA) is 59.6 Å². The summed E-state index contributed by atoms with van der Waals surface area (Å²) in [5.74, 6) is 1.37. The minimum absolute atomic E-state index is 0.504. The Morgan fingerprint density at radius 1 is 1.30 bits per heavy atom. The number of guanidine groups is 1. The number of hydrogen-bond donors (Lipinski definition) is 2. The van der Waals surface area contributed by atoms with Gasteiger partial charge in [0.2, 0.25) is 0 Å². The van der Waals surface area contributed by atoms with Crippen LogP contribution >= 0.6 is 0 Å². The Morgan fingerprint density at radius 2 is 2.10 bits per heavy atom. The summed E-state index contributed by atoms with van der Waals surface area (Å²) in [7, 11) is 1.68. The number of hydrogen-bond acceptors (Lipinski definition) is 2. The smallest absolute Gasteiger partial charge is 0.188 e. The van der Waals surface area contributed by atoms with E-state index in [1.54, 1.807) is 7.11 Å². The first-order valence-corrected chi connectivity index (χ1v) is 7.34. The molecule has 4 nitrogen and oxygen atoms in total. The molecule has 0 fully saturated rings. The van der Waals surface area contributed by atoms with E-state index < -0.39 is 0 Å². The number of aryl methyl sites for hydroxylation is 1. The van der Waals surface area contributed by atoms with Gasteiger partial charge in [0.1, 0.15) is 5.75 Å². The minimum atomic E-state index is 0.504. The molecule has 0 saturated carbocycles. The fraction of sp³-hybridized carbons (Fsp3) is 0.562. The SMILES string of the molecule is CCCCCCNC(N)=NCc1ccc(C)cc1OC. The van der Waals surface area contributed by atoms with Gasteiger partial charge in [-0.1, -0.05) is 38.3 Å². The molecule has 0 aromatic heterocycles. The van der Waals surface area contributed by atoms with Crippen molar-refractivity contribution < 1.29 is 4.74 Å². The first-order valence-electron chi connectivity index (χ1n) is 7.34. The number of nitrogens with one attached hydrogen (secondary N) is 1. The molecule has 1 aromatic carbocycles. The third-order valence-corrected chi connectivity index (χ3v) is 3.20. The summed E-state index contributed by atoms with van der Waals surface area (Å²) in [4.78, 5) is 4.35. The highest BCUT2D eigenvalue weighted by Crippen LogP contribution is 2.20. The van der Waals surface area contributed by atoms with Gasteiger partial charge in [0, 0.05) is 12.1 Å². The lowest BCUT2D eigenvalue weighted by Crippen LogP contribution is -2.32. The van der Waals surface area contributed by atoms with Crippen molar-refractivity contribution in [2.24, 2.45) is 10.7 Å². The van der Waals surface area contributed by atoms with Gasteiger partial charge in [-0.25, -0.2) is 4.99 Å². The largest absolute Gasteiger partial charge is 0.496 e. The summed E-state index contributed by atoms with van der Waals surface area (Å²) in [5.41, 5.74) is 8.08. The Hall–Kier alpha value is -1.71. The Kier molecular flexibility index (Phi) is 7.55. The summed E-state index contributed by atoms with van der Waals surface area (Å²) in [6.07, 6.45) is 4.90. The van der Waals surface area contributed by atoms with E-state index in [1.807, 2.05) is 19.1 Å². The second-order valence-electron chi connectivity index (χ2n) is 5.00. The lowest BCUT2D eigenvalue weighted by atomic mass is 10.1. The predicted molar refractivity (Wildman–Crippen MR) is 85.2 cm³/mol. The molecule has 1 rings (SSSR count). The maximum Gasteiger partial charge on any atom is 0.188 e. The highest BCUT2D eigenvalue weighted by atomic mass is 16.5. The summed E-state index contributed by atoms with van der Waals surface area (Å²) in [6, 6.07) is 6.10. The van der Waals surface area contributed by atoms with Crippen molar-refractivity contribution in [2.45, 2.75) is 46.1 Å². The lowest BCUT2D eigenvalue weighted by molar-refractivity contribution is 0.409. The molecule has 0 aliphatic rings. The Bertz CT molecular complexity index is 430. The highest BCUT2D eigenvalue weighted by molar-refractivity contribution is 5.77. The third-order valence-electron chi connectivity index (χ3n) is 3.20. The molecule has 0 aliphatic carbocycles.